The lowest BCUT2D eigenvalue weighted by Crippen LogP contribution is -2.27. The minimum absolute atomic E-state index is 0.0349. The van der Waals surface area contributed by atoms with Gasteiger partial charge in [-0.1, -0.05) is 43.1 Å². The van der Waals surface area contributed by atoms with Crippen LogP contribution in [0.25, 0.3) is 17.1 Å². The molecule has 3 aromatic rings. The molecule has 0 saturated carbocycles. The van der Waals surface area contributed by atoms with E-state index in [1.54, 1.807) is 30.3 Å². The first kappa shape index (κ1) is 20.2. The first-order chi connectivity index (χ1) is 13.3. The predicted octanol–water partition coefficient (Wildman–Crippen LogP) is 4.12. The summed E-state index contributed by atoms with van der Waals surface area (Å²) < 4.78 is 1.27. The summed E-state index contributed by atoms with van der Waals surface area (Å²) in [4.78, 5) is 26.9. The molecule has 0 spiro atoms. The number of hydrogen-bond acceptors (Lipinski definition) is 3. The van der Waals surface area contributed by atoms with Crippen LogP contribution < -0.4 is 11.0 Å². The number of nitrogens with one attached hydrogen (secondary N) is 2. The van der Waals surface area contributed by atoms with Gasteiger partial charge in [-0.25, -0.2) is 4.79 Å². The van der Waals surface area contributed by atoms with E-state index in [9.17, 15) is 9.59 Å². The Labute approximate surface area is 172 Å². The lowest BCUT2D eigenvalue weighted by Gasteiger charge is -2.09. The third-order valence-corrected chi connectivity index (χ3v) is 5.03. The van der Waals surface area contributed by atoms with Crippen molar-refractivity contribution in [1.29, 1.82) is 0 Å². The first-order valence-corrected chi connectivity index (χ1v) is 9.54. The van der Waals surface area contributed by atoms with Crippen LogP contribution in [0.15, 0.2) is 41.2 Å². The Hall–Kier alpha value is -2.57. The zero-order chi connectivity index (χ0) is 20.4. The van der Waals surface area contributed by atoms with Gasteiger partial charge in [0.25, 0.3) is 0 Å². The standard InChI is InChI=1S/C20H20Cl2N4O2/c1-11(2)19(27)23-10-13-4-6-17(22)15(9-13)18-24-20(28)26(25-18)14-5-7-16(21)12(3)8-14/h4-9,11H,10H2,1-3H3,(H,23,27)(H,24,25,28). The van der Waals surface area contributed by atoms with Gasteiger partial charge < -0.3 is 5.32 Å². The van der Waals surface area contributed by atoms with E-state index in [0.29, 0.717) is 33.7 Å². The molecule has 1 amide bonds. The number of hydrogen-bond donors (Lipinski definition) is 2. The van der Waals surface area contributed by atoms with Crippen LogP contribution in [0.3, 0.4) is 0 Å². The molecule has 8 heteroatoms. The molecule has 0 saturated heterocycles. The second-order valence-corrected chi connectivity index (χ2v) is 7.63. The van der Waals surface area contributed by atoms with E-state index in [1.807, 2.05) is 26.8 Å². The molecule has 0 aliphatic carbocycles. The maximum atomic E-state index is 12.4. The van der Waals surface area contributed by atoms with Gasteiger partial charge in [-0.3, -0.25) is 9.78 Å². The lowest BCUT2D eigenvalue weighted by molar-refractivity contribution is -0.124. The quantitative estimate of drug-likeness (QED) is 0.653. The van der Waals surface area contributed by atoms with Gasteiger partial charge in [0.05, 0.1) is 10.7 Å². The van der Waals surface area contributed by atoms with Gasteiger partial charge in [-0.2, -0.15) is 4.68 Å². The average molecular weight is 419 g/mol. The number of amides is 1. The maximum Gasteiger partial charge on any atom is 0.348 e. The van der Waals surface area contributed by atoms with E-state index < -0.39 is 0 Å². The Morgan fingerprint density at radius 2 is 1.89 bits per heavy atom. The summed E-state index contributed by atoms with van der Waals surface area (Å²) in [6, 6.07) is 10.6. The number of aromatic nitrogens is 3. The third-order valence-electron chi connectivity index (χ3n) is 4.28. The van der Waals surface area contributed by atoms with E-state index in [-0.39, 0.29) is 17.5 Å². The molecule has 0 aliphatic rings. The van der Waals surface area contributed by atoms with Crippen molar-refractivity contribution in [2.24, 2.45) is 5.92 Å². The smallest absolute Gasteiger partial charge is 0.348 e. The predicted molar refractivity (Wildman–Crippen MR) is 111 cm³/mol. The highest BCUT2D eigenvalue weighted by atomic mass is 35.5. The Balaban J connectivity index is 1.93. The van der Waals surface area contributed by atoms with Crippen LogP contribution in [0.2, 0.25) is 10.0 Å². The van der Waals surface area contributed by atoms with Crippen molar-refractivity contribution in [2.75, 3.05) is 0 Å². The SMILES string of the molecule is Cc1cc(-n2nc(-c3cc(CNC(=O)C(C)C)ccc3Cl)[nH]c2=O)ccc1Cl. The Bertz CT molecular complexity index is 1090. The first-order valence-electron chi connectivity index (χ1n) is 8.78. The Morgan fingerprint density at radius 1 is 1.18 bits per heavy atom. The lowest BCUT2D eigenvalue weighted by atomic mass is 10.1. The van der Waals surface area contributed by atoms with Crippen LogP contribution in [0.5, 0.6) is 0 Å². The van der Waals surface area contributed by atoms with Gasteiger partial charge in [0, 0.05) is 23.0 Å². The largest absolute Gasteiger partial charge is 0.352 e. The number of carbonyl (C=O) groups excluding carboxylic acids is 1. The third kappa shape index (κ3) is 4.29. The number of benzene rings is 2. The van der Waals surface area contributed by atoms with Gasteiger partial charge >= 0.3 is 5.69 Å². The summed E-state index contributed by atoms with van der Waals surface area (Å²) in [5, 5.41) is 8.31. The van der Waals surface area contributed by atoms with Gasteiger partial charge in [0.15, 0.2) is 5.82 Å². The van der Waals surface area contributed by atoms with Gasteiger partial charge in [-0.05, 0) is 48.4 Å². The number of H-pyrrole nitrogens is 1. The van der Waals surface area contributed by atoms with Crippen molar-refractivity contribution in [3.05, 3.63) is 68.1 Å². The van der Waals surface area contributed by atoms with Crippen LogP contribution in [0.1, 0.15) is 25.0 Å². The fraction of sp³-hybridized carbons (Fsp3) is 0.250. The van der Waals surface area contributed by atoms with Gasteiger partial charge in [-0.15, -0.1) is 5.10 Å². The van der Waals surface area contributed by atoms with Crippen LogP contribution in [0.4, 0.5) is 0 Å². The van der Waals surface area contributed by atoms with Crippen molar-refractivity contribution in [2.45, 2.75) is 27.3 Å². The van der Waals surface area contributed by atoms with Crippen molar-refractivity contribution in [1.82, 2.24) is 20.1 Å². The minimum atomic E-state index is -0.383. The molecule has 0 atom stereocenters. The van der Waals surface area contributed by atoms with E-state index in [2.05, 4.69) is 15.4 Å². The van der Waals surface area contributed by atoms with Gasteiger partial charge in [0.2, 0.25) is 5.91 Å². The average Bonchev–Trinajstić information content (AvgIpc) is 3.04. The fourth-order valence-electron chi connectivity index (χ4n) is 2.64. The molecule has 0 bridgehead atoms. The summed E-state index contributed by atoms with van der Waals surface area (Å²) in [5.74, 6) is 0.216. The number of nitrogens with zero attached hydrogens (tertiary/aromatic N) is 2. The highest BCUT2D eigenvalue weighted by Crippen LogP contribution is 2.26. The molecule has 1 heterocycles. The molecule has 3 rings (SSSR count). The second kappa shape index (κ2) is 8.20. The minimum Gasteiger partial charge on any atom is -0.352 e. The van der Waals surface area contributed by atoms with E-state index in [4.69, 9.17) is 23.2 Å². The zero-order valence-corrected chi connectivity index (χ0v) is 17.2. The summed E-state index contributed by atoms with van der Waals surface area (Å²) in [6.45, 7) is 5.88. The maximum absolute atomic E-state index is 12.4. The number of rotatable bonds is 5. The summed E-state index contributed by atoms with van der Waals surface area (Å²) >= 11 is 12.4. The van der Waals surface area contributed by atoms with Crippen LogP contribution in [-0.2, 0) is 11.3 Å². The molecule has 2 aromatic carbocycles. The van der Waals surface area contributed by atoms with Gasteiger partial charge in [0.1, 0.15) is 0 Å². The summed E-state index contributed by atoms with van der Waals surface area (Å²) in [7, 11) is 0. The summed E-state index contributed by atoms with van der Waals surface area (Å²) in [5.41, 5.74) is 2.50. The molecule has 1 aromatic heterocycles. The molecular formula is C20H20Cl2N4O2. The van der Waals surface area contributed by atoms with Crippen molar-refractivity contribution in [3.63, 3.8) is 0 Å². The highest BCUT2D eigenvalue weighted by Gasteiger charge is 2.14. The molecule has 0 fully saturated rings. The Kier molecular flexibility index (Phi) is 5.91. The molecular weight excluding hydrogens is 399 g/mol. The van der Waals surface area contributed by atoms with E-state index >= 15 is 0 Å². The number of halogens is 2. The molecule has 0 aliphatic heterocycles. The molecule has 146 valence electrons. The topological polar surface area (TPSA) is 79.8 Å². The van der Waals surface area contributed by atoms with Crippen LogP contribution in [-0.4, -0.2) is 20.7 Å². The number of carbonyl (C=O) groups is 1. The van der Waals surface area contributed by atoms with Crippen molar-refractivity contribution < 1.29 is 4.79 Å². The number of aryl methyl sites for hydroxylation is 1. The van der Waals surface area contributed by atoms with Crippen molar-refractivity contribution >= 4 is 29.1 Å². The van der Waals surface area contributed by atoms with Crippen LogP contribution in [0, 0.1) is 12.8 Å². The highest BCUT2D eigenvalue weighted by molar-refractivity contribution is 6.33. The molecule has 28 heavy (non-hydrogen) atoms. The molecule has 2 N–H and O–H groups in total. The van der Waals surface area contributed by atoms with Crippen LogP contribution >= 0.6 is 23.2 Å². The monoisotopic (exact) mass is 418 g/mol. The van der Waals surface area contributed by atoms with E-state index in [1.165, 1.54) is 4.68 Å². The second-order valence-electron chi connectivity index (χ2n) is 6.81. The van der Waals surface area contributed by atoms with Crippen molar-refractivity contribution in [3.8, 4) is 17.1 Å². The molecule has 0 unspecified atom stereocenters. The molecule has 0 radical (unpaired) electrons. The van der Waals surface area contributed by atoms with E-state index in [0.717, 1.165) is 11.1 Å². The number of aromatic amines is 1. The molecule has 6 nitrogen and oxygen atoms in total. The fourth-order valence-corrected chi connectivity index (χ4v) is 2.96. The normalized spacial score (nSPS) is 11.1. The Morgan fingerprint density at radius 3 is 2.57 bits per heavy atom. The summed E-state index contributed by atoms with van der Waals surface area (Å²) in [6.07, 6.45) is 0. The zero-order valence-electron chi connectivity index (χ0n) is 15.7.